The molecule has 5 nitrogen and oxygen atoms in total. The Morgan fingerprint density at radius 1 is 0.955 bits per heavy atom. The molecule has 0 aliphatic heterocycles. The first-order valence-electron chi connectivity index (χ1n) is 6.60. The van der Waals surface area contributed by atoms with Crippen LogP contribution in [0, 0.1) is 6.92 Å². The van der Waals surface area contributed by atoms with Crippen molar-refractivity contribution in [2.24, 2.45) is 5.14 Å². The van der Waals surface area contributed by atoms with Crippen molar-refractivity contribution >= 4 is 10.0 Å². The van der Waals surface area contributed by atoms with Gasteiger partial charge in [-0.25, -0.2) is 13.6 Å². The van der Waals surface area contributed by atoms with Gasteiger partial charge in [0.25, 0.3) is 0 Å². The maximum atomic E-state index is 11.3. The molecule has 2 aromatic carbocycles. The van der Waals surface area contributed by atoms with Crippen molar-refractivity contribution in [3.8, 4) is 22.4 Å². The molecule has 1 aromatic heterocycles. The highest BCUT2D eigenvalue weighted by Crippen LogP contribution is 2.31. The van der Waals surface area contributed by atoms with Crippen LogP contribution in [0.25, 0.3) is 22.4 Å². The molecule has 3 aromatic rings. The van der Waals surface area contributed by atoms with Crippen molar-refractivity contribution in [3.63, 3.8) is 0 Å². The molecule has 0 unspecified atom stereocenters. The van der Waals surface area contributed by atoms with E-state index >= 15 is 0 Å². The van der Waals surface area contributed by atoms with Gasteiger partial charge in [0.2, 0.25) is 10.0 Å². The van der Waals surface area contributed by atoms with Gasteiger partial charge < -0.3 is 4.52 Å². The molecule has 0 amide bonds. The van der Waals surface area contributed by atoms with E-state index < -0.39 is 10.0 Å². The smallest absolute Gasteiger partial charge is 0.238 e. The summed E-state index contributed by atoms with van der Waals surface area (Å²) in [7, 11) is -3.69. The summed E-state index contributed by atoms with van der Waals surface area (Å²) in [6.07, 6.45) is 1.54. The minimum absolute atomic E-state index is 0.0737. The Kier molecular flexibility index (Phi) is 3.56. The van der Waals surface area contributed by atoms with E-state index in [2.05, 4.69) is 5.16 Å². The molecule has 22 heavy (non-hydrogen) atoms. The molecule has 0 saturated carbocycles. The van der Waals surface area contributed by atoms with Crippen LogP contribution in [0.2, 0.25) is 0 Å². The van der Waals surface area contributed by atoms with E-state index in [-0.39, 0.29) is 4.90 Å². The number of nitrogens with two attached hydrogens (primary N) is 1. The standard InChI is InChI=1S/C16H14N2O3S/c1-11-2-4-13(5-3-11)16-15(10-21-18-16)12-6-8-14(9-7-12)22(17,19)20/h2-10H,1H3,(H2,17,19,20). The maximum Gasteiger partial charge on any atom is 0.238 e. The van der Waals surface area contributed by atoms with Gasteiger partial charge in [-0.3, -0.25) is 0 Å². The molecule has 3 rings (SSSR count). The van der Waals surface area contributed by atoms with Crippen LogP contribution in [-0.4, -0.2) is 13.6 Å². The zero-order chi connectivity index (χ0) is 15.7. The Morgan fingerprint density at radius 3 is 2.14 bits per heavy atom. The molecule has 0 radical (unpaired) electrons. The van der Waals surface area contributed by atoms with Crippen LogP contribution in [0.3, 0.4) is 0 Å². The van der Waals surface area contributed by atoms with Crippen molar-refractivity contribution in [3.05, 3.63) is 60.4 Å². The lowest BCUT2D eigenvalue weighted by Crippen LogP contribution is -2.11. The summed E-state index contributed by atoms with van der Waals surface area (Å²) in [6, 6.07) is 14.2. The number of hydrogen-bond donors (Lipinski definition) is 1. The van der Waals surface area contributed by atoms with E-state index in [0.29, 0.717) is 5.69 Å². The van der Waals surface area contributed by atoms with E-state index in [1.807, 2.05) is 31.2 Å². The largest absolute Gasteiger partial charge is 0.363 e. The fourth-order valence-corrected chi connectivity index (χ4v) is 2.70. The predicted molar refractivity (Wildman–Crippen MR) is 83.5 cm³/mol. The highest BCUT2D eigenvalue weighted by atomic mass is 32.2. The first kappa shape index (κ1) is 14.5. The Balaban J connectivity index is 2.03. The van der Waals surface area contributed by atoms with Gasteiger partial charge in [-0.1, -0.05) is 47.1 Å². The number of primary sulfonamides is 1. The fourth-order valence-electron chi connectivity index (χ4n) is 2.19. The average Bonchev–Trinajstić information content (AvgIpc) is 2.97. The molecule has 2 N–H and O–H groups in total. The molecule has 112 valence electrons. The monoisotopic (exact) mass is 314 g/mol. The SMILES string of the molecule is Cc1ccc(-c2nocc2-c2ccc(S(N)(=O)=O)cc2)cc1. The van der Waals surface area contributed by atoms with Crippen LogP contribution in [0.1, 0.15) is 5.56 Å². The number of hydrogen-bond acceptors (Lipinski definition) is 4. The molecular formula is C16H14N2O3S. The third kappa shape index (κ3) is 2.79. The summed E-state index contributed by atoms with van der Waals surface area (Å²) in [5, 5.41) is 9.15. The molecule has 0 atom stereocenters. The van der Waals surface area contributed by atoms with Crippen LogP contribution >= 0.6 is 0 Å². The molecule has 0 spiro atoms. The van der Waals surface area contributed by atoms with Gasteiger partial charge in [0.1, 0.15) is 12.0 Å². The minimum Gasteiger partial charge on any atom is -0.363 e. The summed E-state index contributed by atoms with van der Waals surface area (Å²) in [6.45, 7) is 2.01. The quantitative estimate of drug-likeness (QED) is 0.805. The van der Waals surface area contributed by atoms with Crippen molar-refractivity contribution in [1.29, 1.82) is 0 Å². The van der Waals surface area contributed by atoms with Gasteiger partial charge in [0.05, 0.1) is 4.90 Å². The average molecular weight is 314 g/mol. The van der Waals surface area contributed by atoms with Gasteiger partial charge in [0, 0.05) is 11.1 Å². The van der Waals surface area contributed by atoms with Crippen LogP contribution < -0.4 is 5.14 Å². The van der Waals surface area contributed by atoms with Gasteiger partial charge >= 0.3 is 0 Å². The topological polar surface area (TPSA) is 86.2 Å². The molecule has 0 bridgehead atoms. The normalized spacial score (nSPS) is 11.5. The lowest BCUT2D eigenvalue weighted by Gasteiger charge is -2.04. The first-order valence-corrected chi connectivity index (χ1v) is 8.14. The van der Waals surface area contributed by atoms with Crippen molar-refractivity contribution in [1.82, 2.24) is 5.16 Å². The predicted octanol–water partition coefficient (Wildman–Crippen LogP) is 2.96. The van der Waals surface area contributed by atoms with Crippen LogP contribution in [0.5, 0.6) is 0 Å². The Hall–Kier alpha value is -2.44. The fraction of sp³-hybridized carbons (Fsp3) is 0.0625. The summed E-state index contributed by atoms with van der Waals surface area (Å²) in [4.78, 5) is 0.0737. The van der Waals surface area contributed by atoms with Gasteiger partial charge in [-0.2, -0.15) is 0 Å². The summed E-state index contributed by atoms with van der Waals surface area (Å²) in [5.74, 6) is 0. The molecule has 1 heterocycles. The highest BCUT2D eigenvalue weighted by Gasteiger charge is 2.13. The third-order valence-corrected chi connectivity index (χ3v) is 4.32. The Bertz CT molecular complexity index is 895. The number of rotatable bonds is 3. The second kappa shape index (κ2) is 5.40. The zero-order valence-corrected chi connectivity index (χ0v) is 12.7. The lowest BCUT2D eigenvalue weighted by atomic mass is 10.0. The van der Waals surface area contributed by atoms with Gasteiger partial charge in [0.15, 0.2) is 0 Å². The first-order chi connectivity index (χ1) is 10.4. The lowest BCUT2D eigenvalue weighted by molar-refractivity contribution is 0.422. The second-order valence-electron chi connectivity index (χ2n) is 5.01. The van der Waals surface area contributed by atoms with Gasteiger partial charge in [-0.15, -0.1) is 0 Å². The van der Waals surface area contributed by atoms with Crippen molar-refractivity contribution in [2.45, 2.75) is 11.8 Å². The molecule has 0 fully saturated rings. The number of aromatic nitrogens is 1. The number of nitrogens with zero attached hydrogens (tertiary/aromatic N) is 1. The highest BCUT2D eigenvalue weighted by molar-refractivity contribution is 7.89. The number of aryl methyl sites for hydroxylation is 1. The molecule has 0 aliphatic rings. The maximum absolute atomic E-state index is 11.3. The molecular weight excluding hydrogens is 300 g/mol. The zero-order valence-electron chi connectivity index (χ0n) is 11.9. The Labute approximate surface area is 128 Å². The number of sulfonamides is 1. The van der Waals surface area contributed by atoms with Crippen LogP contribution in [0.4, 0.5) is 0 Å². The van der Waals surface area contributed by atoms with E-state index in [0.717, 1.165) is 22.3 Å². The van der Waals surface area contributed by atoms with E-state index in [1.165, 1.54) is 12.1 Å². The van der Waals surface area contributed by atoms with Crippen molar-refractivity contribution < 1.29 is 12.9 Å². The Morgan fingerprint density at radius 2 is 1.55 bits per heavy atom. The molecule has 6 heteroatoms. The summed E-state index contributed by atoms with van der Waals surface area (Å²) in [5.41, 5.74) is 4.41. The van der Waals surface area contributed by atoms with Crippen molar-refractivity contribution in [2.75, 3.05) is 0 Å². The van der Waals surface area contributed by atoms with E-state index in [1.54, 1.807) is 18.4 Å². The third-order valence-electron chi connectivity index (χ3n) is 3.39. The minimum atomic E-state index is -3.69. The van der Waals surface area contributed by atoms with E-state index in [4.69, 9.17) is 9.66 Å². The second-order valence-corrected chi connectivity index (χ2v) is 6.57. The van der Waals surface area contributed by atoms with Gasteiger partial charge in [-0.05, 0) is 24.6 Å². The number of benzene rings is 2. The van der Waals surface area contributed by atoms with Crippen LogP contribution in [0.15, 0.2) is 64.2 Å². The van der Waals surface area contributed by atoms with E-state index in [9.17, 15) is 8.42 Å². The molecule has 0 saturated heterocycles. The van der Waals surface area contributed by atoms with Crippen LogP contribution in [-0.2, 0) is 10.0 Å². The summed E-state index contributed by atoms with van der Waals surface area (Å²) < 4.78 is 27.7. The molecule has 0 aliphatic carbocycles. The summed E-state index contributed by atoms with van der Waals surface area (Å²) >= 11 is 0.